The van der Waals surface area contributed by atoms with Gasteiger partial charge < -0.3 is 14.8 Å². The van der Waals surface area contributed by atoms with Crippen LogP contribution in [-0.4, -0.2) is 36.9 Å². The number of piperidine rings is 1. The lowest BCUT2D eigenvalue weighted by atomic mass is 9.91. The van der Waals surface area contributed by atoms with Gasteiger partial charge in [-0.25, -0.2) is 4.79 Å². The van der Waals surface area contributed by atoms with Crippen LogP contribution in [0, 0.1) is 0 Å². The number of esters is 1. The Morgan fingerprint density at radius 3 is 2.31 bits per heavy atom. The molecule has 94 valence electrons. The van der Waals surface area contributed by atoms with Crippen LogP contribution in [0.1, 0.15) is 40.5 Å². The van der Waals surface area contributed by atoms with E-state index in [0.717, 1.165) is 13.1 Å². The number of ether oxygens (including phenoxy) is 2. The number of rotatable bonds is 3. The highest BCUT2D eigenvalue weighted by Crippen LogP contribution is 2.30. The first-order valence-corrected chi connectivity index (χ1v) is 5.98. The molecule has 4 nitrogen and oxygen atoms in total. The largest absolute Gasteiger partial charge is 0.464 e. The van der Waals surface area contributed by atoms with E-state index in [0.29, 0.717) is 19.4 Å². The van der Waals surface area contributed by atoms with Crippen molar-refractivity contribution >= 4 is 5.97 Å². The molecule has 1 aliphatic heterocycles. The van der Waals surface area contributed by atoms with E-state index >= 15 is 0 Å². The highest BCUT2D eigenvalue weighted by molar-refractivity contribution is 5.79. The second-order valence-corrected chi connectivity index (χ2v) is 5.18. The Hall–Kier alpha value is -0.610. The molecule has 1 saturated heterocycles. The minimum atomic E-state index is -0.750. The Morgan fingerprint density at radius 1 is 1.31 bits per heavy atom. The fourth-order valence-corrected chi connectivity index (χ4v) is 2.03. The van der Waals surface area contributed by atoms with Crippen molar-refractivity contribution in [2.45, 2.75) is 51.7 Å². The first-order chi connectivity index (χ1) is 7.40. The molecule has 0 spiro atoms. The molecule has 1 N–H and O–H groups in total. The molecule has 0 atom stereocenters. The van der Waals surface area contributed by atoms with Gasteiger partial charge in [0.15, 0.2) is 5.60 Å². The van der Waals surface area contributed by atoms with E-state index in [1.165, 1.54) is 0 Å². The van der Waals surface area contributed by atoms with Crippen LogP contribution in [0.25, 0.3) is 0 Å². The van der Waals surface area contributed by atoms with Gasteiger partial charge in [0.1, 0.15) is 0 Å². The summed E-state index contributed by atoms with van der Waals surface area (Å²) < 4.78 is 11.1. The Bertz CT molecular complexity index is 239. The van der Waals surface area contributed by atoms with Gasteiger partial charge in [-0.1, -0.05) is 0 Å². The minimum Gasteiger partial charge on any atom is -0.464 e. The quantitative estimate of drug-likeness (QED) is 0.745. The number of carbonyl (C=O) groups excluding carboxylic acids is 1. The van der Waals surface area contributed by atoms with Gasteiger partial charge in [-0.3, -0.25) is 0 Å². The van der Waals surface area contributed by atoms with Crippen LogP contribution in [0.5, 0.6) is 0 Å². The lowest BCUT2D eigenvalue weighted by molar-refractivity contribution is -0.195. The Morgan fingerprint density at radius 2 is 1.88 bits per heavy atom. The van der Waals surface area contributed by atoms with Crippen molar-refractivity contribution < 1.29 is 14.3 Å². The van der Waals surface area contributed by atoms with Gasteiger partial charge >= 0.3 is 5.97 Å². The zero-order chi connectivity index (χ0) is 12.2. The summed E-state index contributed by atoms with van der Waals surface area (Å²) in [6, 6.07) is 0. The van der Waals surface area contributed by atoms with Crippen LogP contribution in [0.2, 0.25) is 0 Å². The molecule has 1 aliphatic rings. The monoisotopic (exact) mass is 229 g/mol. The molecule has 0 saturated carbocycles. The molecule has 0 aromatic carbocycles. The van der Waals surface area contributed by atoms with Gasteiger partial charge in [0.05, 0.1) is 12.2 Å². The molecule has 0 radical (unpaired) electrons. The summed E-state index contributed by atoms with van der Waals surface area (Å²) in [4.78, 5) is 12.0. The Kier molecular flexibility index (Phi) is 4.33. The van der Waals surface area contributed by atoms with Crippen molar-refractivity contribution in [3.63, 3.8) is 0 Å². The molecule has 4 heteroatoms. The zero-order valence-electron chi connectivity index (χ0n) is 10.8. The summed E-state index contributed by atoms with van der Waals surface area (Å²) >= 11 is 0. The highest BCUT2D eigenvalue weighted by Gasteiger charge is 2.44. The predicted molar refractivity (Wildman–Crippen MR) is 62.3 cm³/mol. The van der Waals surface area contributed by atoms with Crippen LogP contribution in [0.4, 0.5) is 0 Å². The van der Waals surface area contributed by atoms with Gasteiger partial charge in [0.2, 0.25) is 0 Å². The van der Waals surface area contributed by atoms with E-state index < -0.39 is 5.60 Å². The fourth-order valence-electron chi connectivity index (χ4n) is 2.03. The second kappa shape index (κ2) is 5.15. The van der Waals surface area contributed by atoms with E-state index in [4.69, 9.17) is 9.47 Å². The van der Waals surface area contributed by atoms with E-state index in [1.54, 1.807) is 0 Å². The van der Waals surface area contributed by atoms with E-state index in [-0.39, 0.29) is 11.6 Å². The number of hydrogen-bond acceptors (Lipinski definition) is 4. The second-order valence-electron chi connectivity index (χ2n) is 5.18. The average molecular weight is 229 g/mol. The first-order valence-electron chi connectivity index (χ1n) is 5.98. The fraction of sp³-hybridized carbons (Fsp3) is 0.917. The molecule has 16 heavy (non-hydrogen) atoms. The molecule has 0 aromatic heterocycles. The van der Waals surface area contributed by atoms with Crippen molar-refractivity contribution in [3.8, 4) is 0 Å². The zero-order valence-corrected chi connectivity index (χ0v) is 10.8. The summed E-state index contributed by atoms with van der Waals surface area (Å²) in [5, 5.41) is 3.23. The maximum atomic E-state index is 12.0. The molecular formula is C12H23NO3. The summed E-state index contributed by atoms with van der Waals surface area (Å²) in [5.74, 6) is -0.216. The van der Waals surface area contributed by atoms with Crippen molar-refractivity contribution in [1.29, 1.82) is 0 Å². The third-order valence-corrected chi connectivity index (χ3v) is 2.56. The van der Waals surface area contributed by atoms with E-state index in [9.17, 15) is 4.79 Å². The lowest BCUT2D eigenvalue weighted by Gasteiger charge is -2.40. The topological polar surface area (TPSA) is 47.6 Å². The van der Waals surface area contributed by atoms with Crippen molar-refractivity contribution in [1.82, 2.24) is 5.32 Å². The minimum absolute atomic E-state index is 0.216. The van der Waals surface area contributed by atoms with Gasteiger partial charge in [0, 0.05) is 0 Å². The van der Waals surface area contributed by atoms with Crippen LogP contribution in [0.15, 0.2) is 0 Å². The van der Waals surface area contributed by atoms with Crippen LogP contribution in [-0.2, 0) is 14.3 Å². The van der Waals surface area contributed by atoms with Crippen molar-refractivity contribution in [3.05, 3.63) is 0 Å². The third-order valence-electron chi connectivity index (χ3n) is 2.56. The van der Waals surface area contributed by atoms with E-state index in [2.05, 4.69) is 5.32 Å². The molecule has 0 unspecified atom stereocenters. The third kappa shape index (κ3) is 3.46. The van der Waals surface area contributed by atoms with Crippen LogP contribution >= 0.6 is 0 Å². The Balaban J connectivity index is 2.79. The molecular weight excluding hydrogens is 206 g/mol. The highest BCUT2D eigenvalue weighted by atomic mass is 16.6. The molecule has 0 aliphatic carbocycles. The average Bonchev–Trinajstić information content (AvgIpc) is 2.17. The molecule has 0 bridgehead atoms. The molecule has 0 aromatic rings. The summed E-state index contributed by atoms with van der Waals surface area (Å²) in [6.07, 6.45) is 1.37. The standard InChI is InChI=1S/C12H23NO3/c1-5-15-10(14)12(16-11(2,3)4)6-8-13-9-7-12/h13H,5-9H2,1-4H3. The number of hydrogen-bond donors (Lipinski definition) is 1. The SMILES string of the molecule is CCOC(=O)C1(OC(C)(C)C)CCNCC1. The van der Waals surface area contributed by atoms with Crippen LogP contribution in [0.3, 0.4) is 0 Å². The summed E-state index contributed by atoms with van der Waals surface area (Å²) in [6.45, 7) is 9.73. The summed E-state index contributed by atoms with van der Waals surface area (Å²) in [5.41, 5.74) is -1.08. The van der Waals surface area contributed by atoms with Gasteiger partial charge in [-0.15, -0.1) is 0 Å². The number of carbonyl (C=O) groups is 1. The van der Waals surface area contributed by atoms with Crippen molar-refractivity contribution in [2.75, 3.05) is 19.7 Å². The van der Waals surface area contributed by atoms with Gasteiger partial charge in [-0.05, 0) is 53.6 Å². The summed E-state index contributed by atoms with van der Waals surface area (Å²) in [7, 11) is 0. The number of nitrogens with one attached hydrogen (secondary N) is 1. The lowest BCUT2D eigenvalue weighted by Crippen LogP contribution is -2.53. The van der Waals surface area contributed by atoms with E-state index in [1.807, 2.05) is 27.7 Å². The molecule has 0 amide bonds. The molecule has 1 fully saturated rings. The maximum Gasteiger partial charge on any atom is 0.338 e. The molecule has 1 heterocycles. The smallest absolute Gasteiger partial charge is 0.338 e. The van der Waals surface area contributed by atoms with Gasteiger partial charge in [0.25, 0.3) is 0 Å². The normalized spacial score (nSPS) is 20.5. The Labute approximate surface area is 97.7 Å². The predicted octanol–water partition coefficient (Wildman–Crippen LogP) is 1.49. The first kappa shape index (κ1) is 13.5. The molecule has 1 rings (SSSR count). The maximum absolute atomic E-state index is 12.0. The van der Waals surface area contributed by atoms with Crippen molar-refractivity contribution in [2.24, 2.45) is 0 Å². The van der Waals surface area contributed by atoms with Gasteiger partial charge in [-0.2, -0.15) is 0 Å². The van der Waals surface area contributed by atoms with Crippen LogP contribution < -0.4 is 5.32 Å².